The largest absolute Gasteiger partial charge is 0.457 e. The normalized spacial score (nSPS) is 14.8. The number of nitrogens with one attached hydrogen (secondary N) is 1. The van der Waals surface area contributed by atoms with Crippen molar-refractivity contribution in [2.75, 3.05) is 5.32 Å². The number of nitro benzene ring substituents is 1. The average molecular weight is 591 g/mol. The summed E-state index contributed by atoms with van der Waals surface area (Å²) in [6.45, 7) is 5.43. The van der Waals surface area contributed by atoms with Gasteiger partial charge in [0.2, 0.25) is 0 Å². The van der Waals surface area contributed by atoms with Crippen LogP contribution in [-0.4, -0.2) is 15.4 Å². The number of aromatic nitrogens is 1. The number of benzene rings is 3. The Labute approximate surface area is 249 Å². The molecule has 0 bridgehead atoms. The summed E-state index contributed by atoms with van der Waals surface area (Å²) in [4.78, 5) is 43.7. The van der Waals surface area contributed by atoms with Crippen molar-refractivity contribution in [1.82, 2.24) is 4.57 Å². The summed E-state index contributed by atoms with van der Waals surface area (Å²) >= 11 is 1.21. The molecule has 0 radical (unpaired) electrons. The molecule has 0 fully saturated rings. The van der Waals surface area contributed by atoms with Crippen molar-refractivity contribution in [3.63, 3.8) is 0 Å². The van der Waals surface area contributed by atoms with Gasteiger partial charge in [0, 0.05) is 29.0 Å². The third-order valence-corrected chi connectivity index (χ3v) is 8.26. The Morgan fingerprint density at radius 1 is 1.02 bits per heavy atom. The van der Waals surface area contributed by atoms with Gasteiger partial charge in [0.15, 0.2) is 4.80 Å². The molecule has 0 saturated carbocycles. The number of hydrogen-bond acceptors (Lipinski definition) is 7. The highest BCUT2D eigenvalue weighted by Gasteiger charge is 2.32. The van der Waals surface area contributed by atoms with E-state index in [2.05, 4.69) is 10.3 Å². The van der Waals surface area contributed by atoms with Crippen molar-refractivity contribution in [2.24, 2.45) is 4.99 Å². The van der Waals surface area contributed by atoms with E-state index in [4.69, 9.17) is 4.42 Å². The predicted octanol–water partition coefficient (Wildman–Crippen LogP) is 5.66. The monoisotopic (exact) mass is 590 g/mol. The van der Waals surface area contributed by atoms with E-state index in [0.29, 0.717) is 48.9 Å². The van der Waals surface area contributed by atoms with Gasteiger partial charge in [-0.3, -0.25) is 24.3 Å². The molecule has 1 atom stereocenters. The second-order valence-corrected chi connectivity index (χ2v) is 11.3. The van der Waals surface area contributed by atoms with Gasteiger partial charge in [-0.1, -0.05) is 71.5 Å². The van der Waals surface area contributed by atoms with Gasteiger partial charge >= 0.3 is 0 Å². The lowest BCUT2D eigenvalue weighted by Crippen LogP contribution is -2.40. The quantitative estimate of drug-likeness (QED) is 0.202. The number of fused-ring (bicyclic) bond motifs is 1. The fraction of sp³-hybridized carbons (Fsp3) is 0.121. The molecular formula is C33H26N4O5S. The SMILES string of the molecule is CC1=C(C(=O)Nc2ccccc2)C(c2ccc(C)cc2)n2c(s/c(=C\c3ccc(-c4ccc(C)c([N+](=O)[O-])c4)o3)c2=O)=N1. The number of hydrogen-bond donors (Lipinski definition) is 1. The summed E-state index contributed by atoms with van der Waals surface area (Å²) in [5.41, 5.74) is 4.19. The summed E-state index contributed by atoms with van der Waals surface area (Å²) in [7, 11) is 0. The third-order valence-electron chi connectivity index (χ3n) is 7.28. The lowest BCUT2D eigenvalue weighted by Gasteiger charge is -2.25. The number of nitro groups is 1. The minimum absolute atomic E-state index is 0.00217. The number of para-hydroxylation sites is 1. The average Bonchev–Trinajstić information content (AvgIpc) is 3.57. The maximum atomic E-state index is 13.9. The van der Waals surface area contributed by atoms with Crippen LogP contribution in [0.4, 0.5) is 11.4 Å². The number of amides is 1. The van der Waals surface area contributed by atoms with Gasteiger partial charge in [-0.25, -0.2) is 4.99 Å². The standard InChI is InChI=1S/C33H26N4O5S/c1-19-9-12-22(13-10-19)30-29(31(38)35-24-7-5-4-6-8-24)21(3)34-33-36(30)32(39)28(43-33)18-25-15-16-27(42-25)23-14-11-20(2)26(17-23)37(40)41/h4-18,30H,1-3H3,(H,35,38)/b28-18-. The van der Waals surface area contributed by atoms with Gasteiger partial charge < -0.3 is 9.73 Å². The van der Waals surface area contributed by atoms with Crippen LogP contribution in [0, 0.1) is 24.0 Å². The maximum Gasteiger partial charge on any atom is 0.273 e. The first-order valence-electron chi connectivity index (χ1n) is 13.5. The van der Waals surface area contributed by atoms with Gasteiger partial charge in [-0.15, -0.1) is 0 Å². The van der Waals surface area contributed by atoms with E-state index in [0.717, 1.165) is 11.1 Å². The molecule has 1 N–H and O–H groups in total. The number of anilines is 1. The van der Waals surface area contributed by atoms with Crippen LogP contribution in [0.25, 0.3) is 17.4 Å². The smallest absolute Gasteiger partial charge is 0.273 e. The molecule has 0 aliphatic carbocycles. The first-order valence-corrected chi connectivity index (χ1v) is 14.3. The van der Waals surface area contributed by atoms with Gasteiger partial charge in [0.1, 0.15) is 11.5 Å². The molecule has 5 aromatic rings. The number of furan rings is 1. The van der Waals surface area contributed by atoms with Crippen molar-refractivity contribution >= 4 is 34.7 Å². The number of thiazole rings is 1. The molecule has 0 spiro atoms. The minimum atomic E-state index is -0.692. The number of carbonyl (C=O) groups is 1. The Morgan fingerprint density at radius 3 is 2.49 bits per heavy atom. The fourth-order valence-corrected chi connectivity index (χ4v) is 6.10. The van der Waals surface area contributed by atoms with Gasteiger partial charge in [0.25, 0.3) is 17.2 Å². The first kappa shape index (κ1) is 27.8. The summed E-state index contributed by atoms with van der Waals surface area (Å²) < 4.78 is 7.92. The van der Waals surface area contributed by atoms with E-state index < -0.39 is 11.0 Å². The third kappa shape index (κ3) is 5.35. The van der Waals surface area contributed by atoms with Crippen molar-refractivity contribution in [3.05, 3.63) is 148 Å². The molecule has 0 saturated heterocycles. The van der Waals surface area contributed by atoms with Crippen LogP contribution in [0.3, 0.4) is 0 Å². The zero-order chi connectivity index (χ0) is 30.2. The molecule has 43 heavy (non-hydrogen) atoms. The van der Waals surface area contributed by atoms with Crippen LogP contribution in [0.5, 0.6) is 0 Å². The van der Waals surface area contributed by atoms with Crippen LogP contribution in [0.2, 0.25) is 0 Å². The van der Waals surface area contributed by atoms with Crippen LogP contribution in [0.1, 0.15) is 35.4 Å². The molecule has 2 aromatic heterocycles. The van der Waals surface area contributed by atoms with E-state index in [-0.39, 0.29) is 17.2 Å². The van der Waals surface area contributed by atoms with Crippen LogP contribution < -0.4 is 20.2 Å². The molecule has 3 heterocycles. The summed E-state index contributed by atoms with van der Waals surface area (Å²) in [6.07, 6.45) is 1.63. The Bertz CT molecular complexity index is 2100. The van der Waals surface area contributed by atoms with Crippen LogP contribution >= 0.6 is 11.3 Å². The highest BCUT2D eigenvalue weighted by atomic mass is 32.1. The van der Waals surface area contributed by atoms with E-state index in [1.165, 1.54) is 17.4 Å². The number of aryl methyl sites for hydroxylation is 2. The highest BCUT2D eigenvalue weighted by molar-refractivity contribution is 7.07. The number of rotatable bonds is 6. The Balaban J connectivity index is 1.43. The second kappa shape index (κ2) is 11.1. The number of carbonyl (C=O) groups excluding carboxylic acids is 1. The Morgan fingerprint density at radius 2 is 1.77 bits per heavy atom. The Kier molecular flexibility index (Phi) is 7.21. The van der Waals surface area contributed by atoms with Crippen molar-refractivity contribution in [3.8, 4) is 11.3 Å². The van der Waals surface area contributed by atoms with Crippen LogP contribution in [-0.2, 0) is 4.79 Å². The van der Waals surface area contributed by atoms with E-state index in [9.17, 15) is 19.7 Å². The summed E-state index contributed by atoms with van der Waals surface area (Å²) in [5, 5.41) is 14.4. The van der Waals surface area contributed by atoms with E-state index in [1.807, 2.05) is 49.4 Å². The number of nitrogens with zero attached hydrogens (tertiary/aromatic N) is 3. The van der Waals surface area contributed by atoms with Gasteiger partial charge in [0.05, 0.1) is 26.8 Å². The summed E-state index contributed by atoms with van der Waals surface area (Å²) in [6, 6.07) is 24.5. The van der Waals surface area contributed by atoms with E-state index >= 15 is 0 Å². The second-order valence-electron chi connectivity index (χ2n) is 10.3. The summed E-state index contributed by atoms with van der Waals surface area (Å²) in [5.74, 6) is 0.513. The highest BCUT2D eigenvalue weighted by Crippen LogP contribution is 2.31. The fourth-order valence-electron chi connectivity index (χ4n) is 5.07. The van der Waals surface area contributed by atoms with Crippen LogP contribution in [0.15, 0.2) is 110 Å². The molecule has 3 aromatic carbocycles. The van der Waals surface area contributed by atoms with E-state index in [1.54, 1.807) is 60.9 Å². The lowest BCUT2D eigenvalue weighted by atomic mass is 9.94. The molecule has 9 nitrogen and oxygen atoms in total. The molecule has 1 aliphatic rings. The zero-order valence-electron chi connectivity index (χ0n) is 23.5. The minimum Gasteiger partial charge on any atom is -0.457 e. The molecule has 214 valence electrons. The molecule has 10 heteroatoms. The van der Waals surface area contributed by atoms with Gasteiger partial charge in [-0.05, 0) is 50.6 Å². The molecule has 1 unspecified atom stereocenters. The molecule has 1 amide bonds. The van der Waals surface area contributed by atoms with Gasteiger partial charge in [-0.2, -0.15) is 0 Å². The first-order chi connectivity index (χ1) is 20.7. The van der Waals surface area contributed by atoms with Crippen molar-refractivity contribution in [1.29, 1.82) is 0 Å². The van der Waals surface area contributed by atoms with Crippen molar-refractivity contribution in [2.45, 2.75) is 26.8 Å². The molecule has 1 aliphatic heterocycles. The predicted molar refractivity (Wildman–Crippen MR) is 166 cm³/mol. The Hall–Kier alpha value is -5.35. The number of allylic oxidation sites excluding steroid dienone is 1. The lowest BCUT2D eigenvalue weighted by molar-refractivity contribution is -0.385. The molecular weight excluding hydrogens is 564 g/mol. The maximum absolute atomic E-state index is 13.9. The molecule has 6 rings (SSSR count). The zero-order valence-corrected chi connectivity index (χ0v) is 24.3. The van der Waals surface area contributed by atoms with Crippen molar-refractivity contribution < 1.29 is 14.1 Å². The topological polar surface area (TPSA) is 120 Å².